The molecule has 0 bridgehead atoms. The summed E-state index contributed by atoms with van der Waals surface area (Å²) >= 11 is 3.47. The Morgan fingerprint density at radius 3 is 2.64 bits per heavy atom. The summed E-state index contributed by atoms with van der Waals surface area (Å²) in [6.07, 6.45) is 4.76. The molecule has 1 aliphatic rings. The first-order valence-electron chi connectivity index (χ1n) is 8.41. The molecule has 7 heteroatoms. The molecule has 3 aromatic heterocycles. The predicted octanol–water partition coefficient (Wildman–Crippen LogP) is 3.21. The molecule has 1 fully saturated rings. The maximum absolute atomic E-state index is 4.59. The third-order valence-corrected chi connectivity index (χ3v) is 4.90. The Balaban J connectivity index is 1.58. The highest BCUT2D eigenvalue weighted by Gasteiger charge is 2.18. The number of hydrogen-bond acceptors (Lipinski definition) is 6. The van der Waals surface area contributed by atoms with E-state index in [0.717, 1.165) is 65.3 Å². The standard InChI is InChI=1S/C18H19BrN6/c1-13-3-4-17(23-22-13)25-8-2-7-24(9-10-25)16-5-6-20-15-11-14(19)12-21-18(15)16/h3-6,11-12H,2,7-10H2,1H3. The van der Waals surface area contributed by atoms with Crippen molar-refractivity contribution in [3.05, 3.63) is 46.8 Å². The first-order chi connectivity index (χ1) is 12.2. The fourth-order valence-electron chi connectivity index (χ4n) is 3.19. The van der Waals surface area contributed by atoms with Crippen LogP contribution in [-0.4, -0.2) is 46.3 Å². The number of pyridine rings is 2. The molecular weight excluding hydrogens is 380 g/mol. The van der Waals surface area contributed by atoms with Crippen LogP contribution in [0.15, 0.2) is 41.1 Å². The predicted molar refractivity (Wildman–Crippen MR) is 103 cm³/mol. The quantitative estimate of drug-likeness (QED) is 0.660. The van der Waals surface area contributed by atoms with E-state index in [0.29, 0.717) is 0 Å². The van der Waals surface area contributed by atoms with Crippen LogP contribution in [0.25, 0.3) is 11.0 Å². The van der Waals surface area contributed by atoms with E-state index in [1.807, 2.05) is 31.5 Å². The van der Waals surface area contributed by atoms with Crippen LogP contribution in [0.2, 0.25) is 0 Å². The van der Waals surface area contributed by atoms with E-state index < -0.39 is 0 Å². The molecule has 1 aliphatic heterocycles. The summed E-state index contributed by atoms with van der Waals surface area (Å²) < 4.78 is 0.949. The molecule has 4 rings (SSSR count). The highest BCUT2D eigenvalue weighted by molar-refractivity contribution is 9.10. The molecule has 0 N–H and O–H groups in total. The third-order valence-electron chi connectivity index (χ3n) is 4.47. The van der Waals surface area contributed by atoms with Gasteiger partial charge in [0.05, 0.1) is 16.9 Å². The van der Waals surface area contributed by atoms with Gasteiger partial charge in [-0.1, -0.05) is 0 Å². The average molecular weight is 399 g/mol. The lowest BCUT2D eigenvalue weighted by Gasteiger charge is -2.24. The minimum atomic E-state index is 0.914. The van der Waals surface area contributed by atoms with Gasteiger partial charge in [0.2, 0.25) is 0 Å². The van der Waals surface area contributed by atoms with Crippen LogP contribution >= 0.6 is 15.9 Å². The Labute approximate surface area is 155 Å². The van der Waals surface area contributed by atoms with Gasteiger partial charge in [0.1, 0.15) is 5.52 Å². The number of fused-ring (bicyclic) bond motifs is 1. The smallest absolute Gasteiger partial charge is 0.151 e. The number of rotatable bonds is 2. The van der Waals surface area contributed by atoms with Crippen LogP contribution in [0.5, 0.6) is 0 Å². The molecule has 0 radical (unpaired) electrons. The van der Waals surface area contributed by atoms with Gasteiger partial charge in [0, 0.05) is 43.0 Å². The summed E-state index contributed by atoms with van der Waals surface area (Å²) in [4.78, 5) is 13.7. The van der Waals surface area contributed by atoms with E-state index in [-0.39, 0.29) is 0 Å². The van der Waals surface area contributed by atoms with Crippen molar-refractivity contribution in [3.8, 4) is 0 Å². The Kier molecular flexibility index (Phi) is 4.48. The molecule has 0 atom stereocenters. The topological polar surface area (TPSA) is 58.0 Å². The molecule has 25 heavy (non-hydrogen) atoms. The van der Waals surface area contributed by atoms with Crippen molar-refractivity contribution in [1.29, 1.82) is 0 Å². The fraction of sp³-hybridized carbons (Fsp3) is 0.333. The second-order valence-electron chi connectivity index (χ2n) is 6.21. The normalized spacial score (nSPS) is 15.4. The number of halogens is 1. The summed E-state index contributed by atoms with van der Waals surface area (Å²) in [6.45, 7) is 5.77. The number of aromatic nitrogens is 4. The first-order valence-corrected chi connectivity index (χ1v) is 9.20. The Hall–Kier alpha value is -2.28. The molecule has 128 valence electrons. The van der Waals surface area contributed by atoms with Crippen molar-refractivity contribution in [2.45, 2.75) is 13.3 Å². The second kappa shape index (κ2) is 6.92. The summed E-state index contributed by atoms with van der Waals surface area (Å²) in [7, 11) is 0. The largest absolute Gasteiger partial charge is 0.368 e. The molecule has 4 heterocycles. The van der Waals surface area contributed by atoms with Crippen molar-refractivity contribution in [2.24, 2.45) is 0 Å². The van der Waals surface area contributed by atoms with Gasteiger partial charge < -0.3 is 9.80 Å². The van der Waals surface area contributed by atoms with E-state index in [4.69, 9.17) is 0 Å². The third kappa shape index (κ3) is 3.42. The fourth-order valence-corrected chi connectivity index (χ4v) is 3.51. The zero-order chi connectivity index (χ0) is 17.2. The monoisotopic (exact) mass is 398 g/mol. The maximum Gasteiger partial charge on any atom is 0.151 e. The van der Waals surface area contributed by atoms with E-state index in [1.165, 1.54) is 0 Å². The minimum absolute atomic E-state index is 0.914. The average Bonchev–Trinajstić information content (AvgIpc) is 2.88. The van der Waals surface area contributed by atoms with Crippen molar-refractivity contribution < 1.29 is 0 Å². The SMILES string of the molecule is Cc1ccc(N2CCCN(c3ccnc4cc(Br)cnc34)CC2)nn1. The second-order valence-corrected chi connectivity index (χ2v) is 7.13. The van der Waals surface area contributed by atoms with Gasteiger partial charge in [-0.15, -0.1) is 5.10 Å². The Bertz CT molecular complexity index is 882. The molecular formula is C18H19BrN6. The number of aryl methyl sites for hydroxylation is 1. The van der Waals surface area contributed by atoms with Gasteiger partial charge >= 0.3 is 0 Å². The lowest BCUT2D eigenvalue weighted by atomic mass is 10.2. The van der Waals surface area contributed by atoms with Gasteiger partial charge in [-0.25, -0.2) is 0 Å². The van der Waals surface area contributed by atoms with Crippen LogP contribution in [-0.2, 0) is 0 Å². The van der Waals surface area contributed by atoms with E-state index in [1.54, 1.807) is 0 Å². The van der Waals surface area contributed by atoms with Gasteiger partial charge in [-0.05, 0) is 53.5 Å². The van der Waals surface area contributed by atoms with E-state index in [2.05, 4.69) is 58.0 Å². The van der Waals surface area contributed by atoms with E-state index in [9.17, 15) is 0 Å². The van der Waals surface area contributed by atoms with Gasteiger partial charge in [0.15, 0.2) is 5.82 Å². The molecule has 3 aromatic rings. The molecule has 0 aliphatic carbocycles. The summed E-state index contributed by atoms with van der Waals surface area (Å²) in [5.74, 6) is 0.953. The lowest BCUT2D eigenvalue weighted by Crippen LogP contribution is -2.31. The van der Waals surface area contributed by atoms with Crippen LogP contribution in [0, 0.1) is 6.92 Å². The molecule has 0 amide bonds. The molecule has 0 aromatic carbocycles. The highest BCUT2D eigenvalue weighted by Crippen LogP contribution is 2.26. The summed E-state index contributed by atoms with van der Waals surface area (Å²) in [5, 5.41) is 8.51. The van der Waals surface area contributed by atoms with Gasteiger partial charge in [-0.2, -0.15) is 5.10 Å². The Morgan fingerprint density at radius 1 is 0.960 bits per heavy atom. The highest BCUT2D eigenvalue weighted by atomic mass is 79.9. The van der Waals surface area contributed by atoms with Gasteiger partial charge in [-0.3, -0.25) is 9.97 Å². The zero-order valence-electron chi connectivity index (χ0n) is 14.1. The molecule has 6 nitrogen and oxygen atoms in total. The van der Waals surface area contributed by atoms with E-state index >= 15 is 0 Å². The first kappa shape index (κ1) is 16.2. The summed E-state index contributed by atoms with van der Waals surface area (Å²) in [5.41, 5.74) is 3.96. The van der Waals surface area contributed by atoms with Crippen LogP contribution in [0.3, 0.4) is 0 Å². The minimum Gasteiger partial charge on any atom is -0.368 e. The number of hydrogen-bond donors (Lipinski definition) is 0. The number of nitrogens with zero attached hydrogens (tertiary/aromatic N) is 6. The summed E-state index contributed by atoms with van der Waals surface area (Å²) in [6, 6.07) is 8.14. The Morgan fingerprint density at radius 2 is 1.80 bits per heavy atom. The van der Waals surface area contributed by atoms with Crippen molar-refractivity contribution in [1.82, 2.24) is 20.2 Å². The maximum atomic E-state index is 4.59. The van der Waals surface area contributed by atoms with Crippen LogP contribution in [0.1, 0.15) is 12.1 Å². The molecule has 0 spiro atoms. The molecule has 1 saturated heterocycles. The zero-order valence-corrected chi connectivity index (χ0v) is 15.6. The van der Waals surface area contributed by atoms with Crippen molar-refractivity contribution in [3.63, 3.8) is 0 Å². The lowest BCUT2D eigenvalue weighted by molar-refractivity contribution is 0.783. The van der Waals surface area contributed by atoms with Crippen molar-refractivity contribution >= 4 is 38.5 Å². The number of anilines is 2. The molecule has 0 unspecified atom stereocenters. The van der Waals surface area contributed by atoms with Crippen LogP contribution in [0.4, 0.5) is 11.5 Å². The van der Waals surface area contributed by atoms with Gasteiger partial charge in [0.25, 0.3) is 0 Å². The van der Waals surface area contributed by atoms with Crippen molar-refractivity contribution in [2.75, 3.05) is 36.0 Å². The van der Waals surface area contributed by atoms with Crippen LogP contribution < -0.4 is 9.80 Å². The molecule has 0 saturated carbocycles.